The molecule has 2 aromatic carbocycles. The molecule has 0 aromatic heterocycles. The van der Waals surface area contributed by atoms with Gasteiger partial charge >= 0.3 is 0 Å². The summed E-state index contributed by atoms with van der Waals surface area (Å²) < 4.78 is 38.6. The third-order valence-electron chi connectivity index (χ3n) is 4.68. The Kier molecular flexibility index (Phi) is 4.75. The van der Waals surface area contributed by atoms with Crippen molar-refractivity contribution in [1.82, 2.24) is 9.62 Å². The molecule has 0 fully saturated rings. The van der Waals surface area contributed by atoms with E-state index < -0.39 is 10.0 Å². The molecule has 0 radical (unpaired) electrons. The summed E-state index contributed by atoms with van der Waals surface area (Å²) in [5.41, 5.74) is 1.80. The van der Waals surface area contributed by atoms with Gasteiger partial charge < -0.3 is 14.4 Å². The molecule has 2 aliphatic heterocycles. The molecule has 2 aliphatic rings. The topological polar surface area (TPSA) is 84.9 Å². The van der Waals surface area contributed by atoms with E-state index in [9.17, 15) is 13.2 Å². The zero-order valence-electron chi connectivity index (χ0n) is 14.7. The summed E-state index contributed by atoms with van der Waals surface area (Å²) in [6.45, 7) is 1.32. The minimum absolute atomic E-state index is 0.0470. The number of hydrogen-bond donors (Lipinski definition) is 1. The van der Waals surface area contributed by atoms with Crippen LogP contribution in [0, 0.1) is 0 Å². The van der Waals surface area contributed by atoms with E-state index >= 15 is 0 Å². The van der Waals surface area contributed by atoms with E-state index in [1.807, 2.05) is 24.3 Å². The lowest BCUT2D eigenvalue weighted by molar-refractivity contribution is -0.133. The van der Waals surface area contributed by atoms with Gasteiger partial charge in [-0.15, -0.1) is 0 Å². The van der Waals surface area contributed by atoms with Crippen molar-refractivity contribution < 1.29 is 22.7 Å². The van der Waals surface area contributed by atoms with E-state index in [2.05, 4.69) is 4.72 Å². The zero-order valence-corrected chi connectivity index (χ0v) is 15.5. The predicted octanol–water partition coefficient (Wildman–Crippen LogP) is 1.32. The average molecular weight is 388 g/mol. The highest BCUT2D eigenvalue weighted by atomic mass is 32.2. The van der Waals surface area contributed by atoms with E-state index in [-0.39, 0.29) is 30.5 Å². The third-order valence-corrected chi connectivity index (χ3v) is 6.14. The van der Waals surface area contributed by atoms with Gasteiger partial charge in [0.25, 0.3) is 5.91 Å². The highest BCUT2D eigenvalue weighted by molar-refractivity contribution is 7.89. The van der Waals surface area contributed by atoms with Crippen molar-refractivity contribution in [3.8, 4) is 11.5 Å². The van der Waals surface area contributed by atoms with Crippen LogP contribution >= 0.6 is 0 Å². The monoisotopic (exact) mass is 388 g/mol. The molecule has 0 saturated heterocycles. The summed E-state index contributed by atoms with van der Waals surface area (Å²) in [5.74, 6) is 1.26. The van der Waals surface area contributed by atoms with Gasteiger partial charge in [-0.1, -0.05) is 18.2 Å². The van der Waals surface area contributed by atoms with Crippen molar-refractivity contribution in [2.75, 3.05) is 26.3 Å². The number of nitrogens with zero attached hydrogens (tertiary/aromatic N) is 1. The van der Waals surface area contributed by atoms with Gasteiger partial charge in [-0.25, -0.2) is 13.1 Å². The number of ether oxygens (including phenoxy) is 2. The van der Waals surface area contributed by atoms with Crippen LogP contribution in [0.5, 0.6) is 11.5 Å². The van der Waals surface area contributed by atoms with Crippen LogP contribution in [0.25, 0.3) is 0 Å². The number of carbonyl (C=O) groups excluding carboxylic acids is 1. The number of carbonyl (C=O) groups is 1. The maximum Gasteiger partial charge on any atom is 0.260 e. The standard InChI is InChI=1S/C19H20N2O5S/c22-19-13-26-17-4-2-1-3-15(17)12-21(19)9-8-20-27(23,24)16-5-6-18-14(11-16)7-10-25-18/h1-6,11,20H,7-10,12-13H2. The van der Waals surface area contributed by atoms with Crippen LogP contribution in [-0.2, 0) is 27.8 Å². The molecule has 7 nitrogen and oxygen atoms in total. The van der Waals surface area contributed by atoms with Gasteiger partial charge in [0, 0.05) is 31.6 Å². The molecule has 0 unspecified atom stereocenters. The van der Waals surface area contributed by atoms with Crippen molar-refractivity contribution >= 4 is 15.9 Å². The fourth-order valence-corrected chi connectivity index (χ4v) is 4.30. The highest BCUT2D eigenvalue weighted by Gasteiger charge is 2.23. The second kappa shape index (κ2) is 7.21. The molecule has 27 heavy (non-hydrogen) atoms. The molecule has 8 heteroatoms. The van der Waals surface area contributed by atoms with Crippen molar-refractivity contribution in [3.05, 3.63) is 53.6 Å². The van der Waals surface area contributed by atoms with Crippen LogP contribution in [0.15, 0.2) is 47.4 Å². The molecule has 0 saturated carbocycles. The first kappa shape index (κ1) is 17.8. The smallest absolute Gasteiger partial charge is 0.260 e. The molecule has 2 heterocycles. The first-order valence-electron chi connectivity index (χ1n) is 8.77. The van der Waals surface area contributed by atoms with Crippen molar-refractivity contribution in [3.63, 3.8) is 0 Å². The summed E-state index contributed by atoms with van der Waals surface area (Å²) >= 11 is 0. The normalized spacial score (nSPS) is 16.1. The van der Waals surface area contributed by atoms with Gasteiger partial charge in [0.05, 0.1) is 11.5 Å². The van der Waals surface area contributed by atoms with Crippen LogP contribution in [-0.4, -0.2) is 45.5 Å². The van der Waals surface area contributed by atoms with Crippen LogP contribution in [0.3, 0.4) is 0 Å². The largest absolute Gasteiger partial charge is 0.493 e. The number of sulfonamides is 1. The molecule has 0 spiro atoms. The molecule has 1 amide bonds. The van der Waals surface area contributed by atoms with E-state index in [1.54, 1.807) is 17.0 Å². The fraction of sp³-hybridized carbons (Fsp3) is 0.316. The number of nitrogens with one attached hydrogen (secondary N) is 1. The zero-order chi connectivity index (χ0) is 18.9. The number of benzene rings is 2. The quantitative estimate of drug-likeness (QED) is 0.835. The lowest BCUT2D eigenvalue weighted by Gasteiger charge is -2.20. The summed E-state index contributed by atoms with van der Waals surface area (Å²) in [5, 5.41) is 0. The van der Waals surface area contributed by atoms with Gasteiger partial charge in [0.15, 0.2) is 6.61 Å². The van der Waals surface area contributed by atoms with E-state index in [0.717, 1.165) is 16.9 Å². The molecule has 1 N–H and O–H groups in total. The maximum atomic E-state index is 12.5. The average Bonchev–Trinajstić information content (AvgIpc) is 3.07. The molecule has 0 bridgehead atoms. The molecule has 2 aromatic rings. The Labute approximate surface area is 157 Å². The number of hydrogen-bond acceptors (Lipinski definition) is 5. The number of rotatable bonds is 5. The van der Waals surface area contributed by atoms with E-state index in [1.165, 1.54) is 6.07 Å². The summed E-state index contributed by atoms with van der Waals surface area (Å²) in [7, 11) is -3.64. The highest BCUT2D eigenvalue weighted by Crippen LogP contribution is 2.27. The third kappa shape index (κ3) is 3.77. The van der Waals surface area contributed by atoms with Crippen molar-refractivity contribution in [2.24, 2.45) is 0 Å². The van der Waals surface area contributed by atoms with Crippen molar-refractivity contribution in [1.29, 1.82) is 0 Å². The fourth-order valence-electron chi connectivity index (χ4n) is 3.23. The lowest BCUT2D eigenvalue weighted by atomic mass is 10.2. The SMILES string of the molecule is O=C1COc2ccccc2CN1CCNS(=O)(=O)c1ccc2c(c1)CCO2. The van der Waals surface area contributed by atoms with Crippen LogP contribution in [0.4, 0.5) is 0 Å². The lowest BCUT2D eigenvalue weighted by Crippen LogP contribution is -2.39. The second-order valence-electron chi connectivity index (χ2n) is 6.48. The molecular weight excluding hydrogens is 368 g/mol. The Morgan fingerprint density at radius 3 is 2.74 bits per heavy atom. The molecule has 0 aliphatic carbocycles. The van der Waals surface area contributed by atoms with Gasteiger partial charge in [0.1, 0.15) is 11.5 Å². The Bertz CT molecular complexity index is 974. The Morgan fingerprint density at radius 2 is 1.85 bits per heavy atom. The summed E-state index contributed by atoms with van der Waals surface area (Å²) in [6, 6.07) is 12.3. The van der Waals surface area contributed by atoms with Gasteiger partial charge in [0.2, 0.25) is 10.0 Å². The van der Waals surface area contributed by atoms with Crippen LogP contribution < -0.4 is 14.2 Å². The Balaban J connectivity index is 1.40. The molecule has 142 valence electrons. The molecule has 4 rings (SSSR count). The van der Waals surface area contributed by atoms with Crippen molar-refractivity contribution in [2.45, 2.75) is 17.9 Å². The van der Waals surface area contributed by atoms with Crippen LogP contribution in [0.2, 0.25) is 0 Å². The number of amides is 1. The second-order valence-corrected chi connectivity index (χ2v) is 8.24. The molecule has 0 atom stereocenters. The summed E-state index contributed by atoms with van der Waals surface area (Å²) in [4.78, 5) is 14.1. The first-order valence-corrected chi connectivity index (χ1v) is 10.3. The minimum atomic E-state index is -3.64. The first-order chi connectivity index (χ1) is 13.0. The number of para-hydroxylation sites is 1. The van der Waals surface area contributed by atoms with E-state index in [4.69, 9.17) is 9.47 Å². The predicted molar refractivity (Wildman–Crippen MR) is 98.2 cm³/mol. The Hall–Kier alpha value is -2.58. The number of fused-ring (bicyclic) bond motifs is 2. The van der Waals surface area contributed by atoms with Gasteiger partial charge in [-0.05, 0) is 29.8 Å². The Morgan fingerprint density at radius 1 is 1.04 bits per heavy atom. The minimum Gasteiger partial charge on any atom is -0.493 e. The van der Waals surface area contributed by atoms with Gasteiger partial charge in [-0.3, -0.25) is 4.79 Å². The molecular formula is C19H20N2O5S. The van der Waals surface area contributed by atoms with Gasteiger partial charge in [-0.2, -0.15) is 0 Å². The maximum absolute atomic E-state index is 12.5. The van der Waals surface area contributed by atoms with E-state index in [0.29, 0.717) is 25.3 Å². The summed E-state index contributed by atoms with van der Waals surface area (Å²) in [6.07, 6.45) is 0.709. The van der Waals surface area contributed by atoms with Crippen LogP contribution in [0.1, 0.15) is 11.1 Å².